The number of rotatable bonds is 29. The van der Waals surface area contributed by atoms with Crippen LogP contribution >= 0.6 is 0 Å². The van der Waals surface area contributed by atoms with Crippen molar-refractivity contribution in [3.63, 3.8) is 0 Å². The molecule has 9 rings (SSSR count). The Bertz CT molecular complexity index is 3490. The van der Waals surface area contributed by atoms with Crippen LogP contribution in [0.3, 0.4) is 0 Å². The van der Waals surface area contributed by atoms with Crippen LogP contribution in [0.1, 0.15) is 76.2 Å². The van der Waals surface area contributed by atoms with E-state index in [0.29, 0.717) is 0 Å². The van der Waals surface area contributed by atoms with Crippen LogP contribution in [0.4, 0.5) is 0 Å². The maximum Gasteiger partial charge on any atom is 0.264 e. The summed E-state index contributed by atoms with van der Waals surface area (Å²) in [4.78, 5) is 92.8. The van der Waals surface area contributed by atoms with Crippen molar-refractivity contribution >= 4 is 60.0 Å². The second-order valence-electron chi connectivity index (χ2n) is 30.5. The monoisotopic (exact) mass is 1660 g/mol. The van der Waals surface area contributed by atoms with Crippen LogP contribution in [0.5, 0.6) is 0 Å². The highest BCUT2D eigenvalue weighted by Crippen LogP contribution is 2.43. The molecule has 43 heteroatoms. The molecule has 0 bridgehead atoms. The third-order valence-electron chi connectivity index (χ3n) is 21.0. The van der Waals surface area contributed by atoms with E-state index in [2.05, 4.69) is 37.2 Å². The first-order valence-electron chi connectivity index (χ1n) is 37.7. The fourth-order valence-electron chi connectivity index (χ4n) is 15.8. The largest absolute Gasteiger partial charge is 0.394 e. The lowest BCUT2D eigenvalue weighted by atomic mass is 9.92. The number of benzene rings is 2. The molecule has 21 N–H and O–H groups in total. The van der Waals surface area contributed by atoms with Gasteiger partial charge in [-0.1, -0.05) is 81.4 Å². The van der Waals surface area contributed by atoms with Crippen molar-refractivity contribution in [1.29, 1.82) is 0 Å². The van der Waals surface area contributed by atoms with Gasteiger partial charge in [-0.2, -0.15) is 0 Å². The van der Waals surface area contributed by atoms with Crippen LogP contribution in [-0.2, 0) is 99.6 Å². The Labute approximate surface area is 662 Å². The first kappa shape index (κ1) is 92.7. The maximum absolute atomic E-state index is 13.6. The summed E-state index contributed by atoms with van der Waals surface area (Å²) in [5, 5.41) is 177. The third-order valence-corrected chi connectivity index (χ3v) is 26.0. The Kier molecular flexibility index (Phi) is 32.5. The Morgan fingerprint density at radius 2 is 0.583 bits per heavy atom. The molecule has 115 heavy (non-hydrogen) atoms. The summed E-state index contributed by atoms with van der Waals surface area (Å²) in [6, 6.07) is 7.26. The van der Waals surface area contributed by atoms with Gasteiger partial charge < -0.3 is 175 Å². The molecule has 35 atom stereocenters. The van der Waals surface area contributed by atoms with E-state index < -0.39 is 309 Å². The Morgan fingerprint density at radius 1 is 0.313 bits per heavy atom. The smallest absolute Gasteiger partial charge is 0.264 e. The van der Waals surface area contributed by atoms with Crippen LogP contribution in [0.25, 0.3) is 0 Å². The number of ether oxygens (including phenoxy) is 13. The van der Waals surface area contributed by atoms with Crippen molar-refractivity contribution in [3.05, 3.63) is 60.7 Å². The van der Waals surface area contributed by atoms with Crippen molar-refractivity contribution < 1.29 is 171 Å². The Morgan fingerprint density at radius 3 is 0.930 bits per heavy atom. The minimum absolute atomic E-state index is 0.576. The highest BCUT2D eigenvalue weighted by molar-refractivity contribution is 6.99. The molecule has 2 aromatic rings. The summed E-state index contributed by atoms with van der Waals surface area (Å²) in [7, 11) is -3.60. The Hall–Kier alpha value is -6.17. The molecule has 0 saturated carbocycles. The molecule has 7 fully saturated rings. The second kappa shape index (κ2) is 40.3. The second-order valence-corrected chi connectivity index (χ2v) is 34.7. The normalized spacial score (nSPS) is 39.9. The number of amides is 7. The van der Waals surface area contributed by atoms with Gasteiger partial charge in [0.2, 0.25) is 41.4 Å². The fraction of sp³-hybridized carbons (Fsp3) is 0.736. The summed E-state index contributed by atoms with van der Waals surface area (Å²) >= 11 is 0. The van der Waals surface area contributed by atoms with Crippen molar-refractivity contribution in [3.8, 4) is 0 Å². The van der Waals surface area contributed by atoms with Gasteiger partial charge in [0.05, 0.1) is 51.8 Å². The topological polar surface area (TPSA) is 616 Å². The van der Waals surface area contributed by atoms with Gasteiger partial charge in [-0.15, -0.1) is 0 Å². The van der Waals surface area contributed by atoms with Gasteiger partial charge in [0.15, 0.2) is 44.0 Å². The van der Waals surface area contributed by atoms with Crippen molar-refractivity contribution in [2.45, 2.75) is 296 Å². The van der Waals surface area contributed by atoms with Gasteiger partial charge in [0.25, 0.3) is 8.32 Å². The predicted molar refractivity (Wildman–Crippen MR) is 388 cm³/mol. The molecule has 7 saturated heterocycles. The molecule has 7 aliphatic heterocycles. The van der Waals surface area contributed by atoms with Gasteiger partial charge >= 0.3 is 0 Å². The molecule has 648 valence electrons. The first-order valence-corrected chi connectivity index (χ1v) is 39.6. The highest BCUT2D eigenvalue weighted by Gasteiger charge is 2.62. The predicted octanol–water partition coefficient (Wildman–Crippen LogP) is -10.7. The summed E-state index contributed by atoms with van der Waals surface area (Å²) in [5.41, 5.74) is 0. The zero-order chi connectivity index (χ0) is 84.6. The molecule has 7 amide bonds. The lowest BCUT2D eigenvalue weighted by Crippen LogP contribution is -2.75. The van der Waals surface area contributed by atoms with E-state index in [-0.39, 0.29) is 0 Å². The molecule has 42 nitrogen and oxygen atoms in total. The SMILES string of the molecule is CC(=O)N[C@@H]1[C@H](O[C@@H]2[C@H](O[C@@H]3O[C@H](CO)[C@@H](O)[C@H](O)[C@H]3O)[C@@H](NC(C)=O)[C@@H](O[C@H]3[C@@H](O)[C@H](NC(C)=O)[C@H](O[C@@H]4[C@H](O)[C@@H](NC(C)=O)[C@@H](O[C@@H]5[C@@H](NC(C)=O)[C@H](O[Si](c6ccccc6)(c6ccccc6)C(C)(C)C)O[C@H](C)[C@H]5NC(C)=O)O[C@@H]4CO)O[C@H]3CO)O[C@@H]2CO)O[C@@H](CO)[C@@H](O[C@H]2O[C@H](CO)[C@H](O)[C@H](O)[C@H]2NC(C)=O)[C@H]1O. The zero-order valence-corrected chi connectivity index (χ0v) is 66.1. The van der Waals surface area contributed by atoms with Gasteiger partial charge in [-0.05, 0) is 22.3 Å². The van der Waals surface area contributed by atoms with E-state index in [4.69, 9.17) is 66.0 Å². The molecule has 0 spiro atoms. The molecule has 0 radical (unpaired) electrons. The maximum atomic E-state index is 13.6. The quantitative estimate of drug-likeness (QED) is 0.0336. The first-order chi connectivity index (χ1) is 54.4. The molecule has 7 aliphatic rings. The molecule has 0 aromatic heterocycles. The van der Waals surface area contributed by atoms with E-state index >= 15 is 0 Å². The number of nitrogens with one attached hydrogen (secondary N) is 7. The lowest BCUT2D eigenvalue weighted by molar-refractivity contribution is -0.385. The standard InChI is InChI=1S/C72H111N7O35Si/c1-28-44(73-29(2)86)63(49(78-34(7)91)70(101-28)114-115(72(9,10)11,36-18-14-12-15-19-36)37-20-16-13-17-21-37)112-68-48(77-33(6)90)56(98)60(41(25-83)106-68)109-66-46(75-31(4)88)54(96)61(42(26-84)104-66)110-69-50(79-35(8)92)64(113-71-58(100)57(99)52(94)39(23-81)103-71)62(43(27-85)107-69)111-67-47(76-32(5)89)55(97)59(40(24-82)105-67)108-65-45(74-30(3)87)53(95)51(93)38(22-80)102-65/h12-21,28,38-71,80-85,93-100H,22-27H2,1-11H3,(H,73,86)(H,74,87)(H,75,88)(H,76,89)(H,77,90)(H,78,91)(H,79,92)/t28-,38-,39-,40+,41-,42+,43-,44-,45-,46+,47+,48-,49-,50-,51+,52-,53-,54+,55+,56-,57+,58-,59-,60+,61-,62+,63+,64-,65-,66+,67+,68-,69-,70+,71+/m1/s1. The summed E-state index contributed by atoms with van der Waals surface area (Å²) in [5.74, 6) is -5.49. The van der Waals surface area contributed by atoms with Crippen LogP contribution in [0.2, 0.25) is 5.04 Å². The fourth-order valence-corrected chi connectivity index (χ4v) is 20.3. The summed E-state index contributed by atoms with van der Waals surface area (Å²) in [6.45, 7) is 8.85. The average Bonchev–Trinajstić information content (AvgIpc) is 0.731. The number of hydrogen-bond acceptors (Lipinski definition) is 35. The molecule has 7 heterocycles. The van der Waals surface area contributed by atoms with Gasteiger partial charge in [-0.3, -0.25) is 33.6 Å². The van der Waals surface area contributed by atoms with Crippen LogP contribution in [0, 0.1) is 0 Å². The van der Waals surface area contributed by atoms with E-state index in [1.165, 1.54) is 13.8 Å². The number of carbonyl (C=O) groups excluding carboxylic acids is 7. The van der Waals surface area contributed by atoms with Crippen molar-refractivity contribution in [2.24, 2.45) is 0 Å². The van der Waals surface area contributed by atoms with Crippen molar-refractivity contribution in [1.82, 2.24) is 37.2 Å². The molecule has 0 aliphatic carbocycles. The molecular weight excluding hydrogens is 1550 g/mol. The average molecular weight is 1660 g/mol. The van der Waals surface area contributed by atoms with Crippen LogP contribution < -0.4 is 47.6 Å². The van der Waals surface area contributed by atoms with Gasteiger partial charge in [0, 0.05) is 48.5 Å². The number of hydrogen-bond donors (Lipinski definition) is 21. The molecule has 0 unspecified atom stereocenters. The van der Waals surface area contributed by atoms with Crippen LogP contribution in [-0.4, -0.2) is 375 Å². The number of aliphatic hydroxyl groups excluding tert-OH is 14. The van der Waals surface area contributed by atoms with E-state index in [1.807, 2.05) is 81.4 Å². The highest BCUT2D eigenvalue weighted by atomic mass is 28.4. The lowest BCUT2D eigenvalue weighted by Gasteiger charge is -2.53. The molecular formula is C72H111N7O35Si. The minimum atomic E-state index is -3.60. The van der Waals surface area contributed by atoms with Gasteiger partial charge in [-0.25, -0.2) is 0 Å². The number of aliphatic hydroxyl groups is 14. The zero-order valence-electron chi connectivity index (χ0n) is 65.1. The number of carbonyl (C=O) groups is 7. The minimum Gasteiger partial charge on any atom is -0.394 e. The summed E-state index contributed by atoms with van der Waals surface area (Å²) in [6.07, 6.45) is -52.9. The van der Waals surface area contributed by atoms with Crippen molar-refractivity contribution in [2.75, 3.05) is 39.6 Å². The van der Waals surface area contributed by atoms with E-state index in [0.717, 1.165) is 45.0 Å². The van der Waals surface area contributed by atoms with E-state index in [1.54, 1.807) is 6.92 Å². The van der Waals surface area contributed by atoms with Crippen LogP contribution in [0.15, 0.2) is 60.7 Å². The summed E-state index contributed by atoms with van der Waals surface area (Å²) < 4.78 is 89.8. The third kappa shape index (κ3) is 21.0. The van der Waals surface area contributed by atoms with E-state index in [9.17, 15) is 105 Å². The molecule has 2 aromatic carbocycles. The Balaban J connectivity index is 1.03. The van der Waals surface area contributed by atoms with Gasteiger partial charge in [0.1, 0.15) is 158 Å².